The van der Waals surface area contributed by atoms with Crippen molar-refractivity contribution in [3.63, 3.8) is 0 Å². The van der Waals surface area contributed by atoms with Gasteiger partial charge in [-0.1, -0.05) is 20.8 Å². The number of hydrogen-bond donors (Lipinski definition) is 6. The third kappa shape index (κ3) is 26.7. The van der Waals surface area contributed by atoms with Crippen LogP contribution in [0.3, 0.4) is 0 Å². The minimum absolute atomic E-state index is 0. The van der Waals surface area contributed by atoms with Gasteiger partial charge in [0.05, 0.1) is 19.8 Å². The third-order valence-electron chi connectivity index (χ3n) is 3.34. The van der Waals surface area contributed by atoms with E-state index in [1.54, 1.807) is 0 Å². The molecule has 0 bridgehead atoms. The fourth-order valence-corrected chi connectivity index (χ4v) is 2.03. The van der Waals surface area contributed by atoms with Crippen molar-refractivity contribution in [1.82, 2.24) is 0 Å². The van der Waals surface area contributed by atoms with Crippen LogP contribution in [0.5, 0.6) is 0 Å². The first-order valence-electron chi connectivity index (χ1n) is 10.9. The van der Waals surface area contributed by atoms with Crippen molar-refractivity contribution in [3.8, 4) is 0 Å². The van der Waals surface area contributed by atoms with Gasteiger partial charge in [-0.25, -0.2) is 0 Å². The number of thiocarbonyl (C=S) groups is 3. The number of esters is 3. The fourth-order valence-electron chi connectivity index (χ4n) is 1.53. The van der Waals surface area contributed by atoms with Crippen LogP contribution < -0.4 is 0 Å². The summed E-state index contributed by atoms with van der Waals surface area (Å²) in [4.78, 5) is 32.3. The predicted molar refractivity (Wildman–Crippen MR) is 146 cm³/mol. The topological polar surface area (TPSA) is 200 Å². The van der Waals surface area contributed by atoms with E-state index in [1.165, 1.54) is 0 Å². The summed E-state index contributed by atoms with van der Waals surface area (Å²) in [7, 11) is 0. The van der Waals surface area contributed by atoms with Gasteiger partial charge in [0.15, 0.2) is 0 Å². The molecular formula is C21H36BiO12S3. The number of rotatable bonds is 12. The Hall–Kier alpha value is -0.677. The summed E-state index contributed by atoms with van der Waals surface area (Å²) in [5, 5.41) is 51.1. The summed E-state index contributed by atoms with van der Waals surface area (Å²) < 4.78 is 13.6. The van der Waals surface area contributed by atoms with Gasteiger partial charge in [0.25, 0.3) is 0 Å². The summed E-state index contributed by atoms with van der Waals surface area (Å²) in [5.74, 6) is -1.43. The first kappa shape index (κ1) is 43.4. The fraction of sp³-hybridized carbons (Fsp3) is 0.714. The van der Waals surface area contributed by atoms with Crippen molar-refractivity contribution in [1.29, 1.82) is 0 Å². The molecule has 0 amide bonds. The normalized spacial score (nSPS) is 11.9. The number of hydrogen-bond acceptors (Lipinski definition) is 15. The molecule has 0 aromatic carbocycles. The van der Waals surface area contributed by atoms with Crippen LogP contribution in [0.2, 0.25) is 0 Å². The molecule has 0 aromatic rings. The van der Waals surface area contributed by atoms with E-state index in [0.717, 1.165) is 0 Å². The first-order chi connectivity index (χ1) is 16.8. The number of aliphatic hydroxyl groups excluding tert-OH is 6. The molecular weight excluding hydrogens is 749 g/mol. The zero-order valence-electron chi connectivity index (χ0n) is 20.9. The van der Waals surface area contributed by atoms with Crippen LogP contribution in [0.15, 0.2) is 0 Å². The molecule has 0 fully saturated rings. The van der Waals surface area contributed by atoms with Crippen LogP contribution in [0.1, 0.15) is 59.3 Å². The summed E-state index contributed by atoms with van der Waals surface area (Å²) >= 11 is 13.5. The maximum absolute atomic E-state index is 10.8. The van der Waals surface area contributed by atoms with Gasteiger partial charge in [0.1, 0.15) is 18.3 Å². The monoisotopic (exact) mass is 785 g/mol. The number of carbonyl (C=O) groups excluding carboxylic acids is 3. The number of carbonyl (C=O) groups is 3. The summed E-state index contributed by atoms with van der Waals surface area (Å²) in [6.45, 7) is 3.89. The Morgan fingerprint density at radius 2 is 0.757 bits per heavy atom. The number of ether oxygens (including phenoxy) is 3. The van der Waals surface area contributed by atoms with Gasteiger partial charge >= 0.3 is 17.9 Å². The maximum Gasteiger partial charge on any atom is 0.311 e. The zero-order valence-corrected chi connectivity index (χ0v) is 26.8. The van der Waals surface area contributed by atoms with E-state index < -0.39 is 56.0 Å². The van der Waals surface area contributed by atoms with Crippen molar-refractivity contribution >= 4 is 95.9 Å². The van der Waals surface area contributed by atoms with Gasteiger partial charge < -0.3 is 44.8 Å². The molecule has 3 radical (unpaired) electrons. The molecule has 0 aliphatic rings. The van der Waals surface area contributed by atoms with E-state index in [9.17, 15) is 14.4 Å². The van der Waals surface area contributed by atoms with E-state index in [0.29, 0.717) is 19.3 Å². The van der Waals surface area contributed by atoms with Crippen LogP contribution >= 0.6 is 36.7 Å². The second kappa shape index (κ2) is 28.3. The second-order valence-electron chi connectivity index (χ2n) is 6.72. The van der Waals surface area contributed by atoms with Crippen molar-refractivity contribution in [2.24, 2.45) is 0 Å². The smallest absolute Gasteiger partial charge is 0.311 e. The minimum atomic E-state index is -1.25. The second-order valence-corrected chi connectivity index (χ2v) is 7.93. The molecule has 0 heterocycles. The molecule has 37 heavy (non-hydrogen) atoms. The molecule has 0 saturated heterocycles. The molecule has 0 rings (SSSR count). The first-order valence-corrected chi connectivity index (χ1v) is 12.2. The van der Waals surface area contributed by atoms with Crippen molar-refractivity contribution in [3.05, 3.63) is 0 Å². The average molecular weight is 786 g/mol. The van der Waals surface area contributed by atoms with E-state index in [-0.39, 0.29) is 60.6 Å². The zero-order chi connectivity index (χ0) is 28.7. The van der Waals surface area contributed by atoms with Crippen LogP contribution in [-0.4, -0.2) is 128 Å². The Balaban J connectivity index is -0.000000218. The molecule has 6 N–H and O–H groups in total. The summed E-state index contributed by atoms with van der Waals surface area (Å²) in [6, 6.07) is 0. The van der Waals surface area contributed by atoms with Gasteiger partial charge in [-0.3, -0.25) is 14.4 Å². The van der Waals surface area contributed by atoms with Gasteiger partial charge in [-0.15, -0.1) is 0 Å². The molecule has 0 spiro atoms. The number of aliphatic hydroxyl groups is 6. The summed E-state index contributed by atoms with van der Waals surface area (Å²) in [6.07, 6.45) is -0.971. The van der Waals surface area contributed by atoms with E-state index in [1.807, 2.05) is 20.8 Å². The van der Waals surface area contributed by atoms with Crippen molar-refractivity contribution < 1.29 is 59.2 Å². The van der Waals surface area contributed by atoms with Crippen LogP contribution in [0, 0.1) is 0 Å². The SMILES string of the molecule is CCCC(=O)OC(=S)C(O)CO.CCCC(=O)OC(=S)C(O)CO.CCCC(=O)OC(=S)C(O)CO.[Bi]. The Kier molecular flexibility index (Phi) is 33.2. The molecule has 3 atom stereocenters. The van der Waals surface area contributed by atoms with Crippen LogP contribution in [-0.2, 0) is 28.6 Å². The molecule has 0 aliphatic heterocycles. The van der Waals surface area contributed by atoms with E-state index >= 15 is 0 Å². The Labute approximate surface area is 251 Å². The van der Waals surface area contributed by atoms with Crippen LogP contribution in [0.25, 0.3) is 0 Å². The molecule has 215 valence electrons. The Morgan fingerprint density at radius 3 is 0.892 bits per heavy atom. The molecule has 0 aliphatic carbocycles. The van der Waals surface area contributed by atoms with E-state index in [4.69, 9.17) is 30.6 Å². The van der Waals surface area contributed by atoms with Crippen molar-refractivity contribution in [2.75, 3.05) is 19.8 Å². The minimum Gasteiger partial charge on any atom is -0.416 e. The van der Waals surface area contributed by atoms with Gasteiger partial charge in [-0.2, -0.15) is 0 Å². The Bertz CT molecular complexity index is 603. The summed E-state index contributed by atoms with van der Waals surface area (Å²) in [5.41, 5.74) is 0. The molecule has 16 heteroatoms. The third-order valence-corrected chi connectivity index (χ3v) is 4.41. The quantitative estimate of drug-likeness (QED) is 0.0649. The predicted octanol–water partition coefficient (Wildman–Crippen LogP) is -0.350. The average Bonchev–Trinajstić information content (AvgIpc) is 2.83. The Morgan fingerprint density at radius 1 is 0.568 bits per heavy atom. The largest absolute Gasteiger partial charge is 0.416 e. The van der Waals surface area contributed by atoms with Gasteiger partial charge in [-0.05, 0) is 55.9 Å². The standard InChI is InChI=1S/3C7H12O4S.Bi/c3*1-2-3-6(10)11-7(12)5(9)4-8;/h3*5,8-9H,2-4H2,1H3;. The van der Waals surface area contributed by atoms with Crippen molar-refractivity contribution in [2.45, 2.75) is 77.6 Å². The van der Waals surface area contributed by atoms with E-state index in [2.05, 4.69) is 50.9 Å². The van der Waals surface area contributed by atoms with Gasteiger partial charge in [0, 0.05) is 45.5 Å². The molecule has 12 nitrogen and oxygen atoms in total. The van der Waals surface area contributed by atoms with Gasteiger partial charge in [0.2, 0.25) is 15.2 Å². The maximum atomic E-state index is 10.8. The molecule has 3 unspecified atom stereocenters. The molecule has 0 saturated carbocycles. The van der Waals surface area contributed by atoms with Crippen LogP contribution in [0.4, 0.5) is 0 Å². The molecule has 0 aromatic heterocycles.